The summed E-state index contributed by atoms with van der Waals surface area (Å²) in [4.78, 5) is 11.2. The highest BCUT2D eigenvalue weighted by molar-refractivity contribution is 14.1. The van der Waals surface area contributed by atoms with Crippen molar-refractivity contribution in [3.8, 4) is 0 Å². The first-order valence-electron chi connectivity index (χ1n) is 3.72. The first-order chi connectivity index (χ1) is 6.60. The molecule has 14 heavy (non-hydrogen) atoms. The van der Waals surface area contributed by atoms with E-state index in [1.54, 1.807) is 12.1 Å². The summed E-state index contributed by atoms with van der Waals surface area (Å²) in [6.07, 6.45) is 0. The Morgan fingerprint density at radius 3 is 2.71 bits per heavy atom. The number of alkyl halides is 1. The first kappa shape index (κ1) is 12.3. The lowest BCUT2D eigenvalue weighted by molar-refractivity contribution is 0.0600. The lowest BCUT2D eigenvalue weighted by Crippen LogP contribution is -2.02. The maximum atomic E-state index is 11.2. The van der Waals surface area contributed by atoms with Gasteiger partial charge in [0.05, 0.1) is 12.7 Å². The Kier molecular flexibility index (Phi) is 4.66. The number of hydrogen-bond acceptors (Lipinski definition) is 2. The van der Waals surface area contributed by atoms with Crippen LogP contribution in [-0.4, -0.2) is 13.1 Å². The molecule has 0 unspecified atom stereocenters. The van der Waals surface area contributed by atoms with Crippen LogP contribution in [0.1, 0.15) is 15.9 Å². The topological polar surface area (TPSA) is 26.3 Å². The zero-order chi connectivity index (χ0) is 10.7. The first-order valence-corrected chi connectivity index (χ1v) is 6.30. The lowest BCUT2D eigenvalue weighted by Gasteiger charge is -2.06. The maximum absolute atomic E-state index is 11.2. The number of esters is 1. The van der Waals surface area contributed by atoms with Crippen molar-refractivity contribution < 1.29 is 9.53 Å². The predicted octanol–water partition coefficient (Wildman–Crippen LogP) is 3.63. The van der Waals surface area contributed by atoms with Crippen molar-refractivity contribution in [3.63, 3.8) is 0 Å². The van der Waals surface area contributed by atoms with Crippen molar-refractivity contribution in [3.05, 3.63) is 31.9 Å². The molecular weight excluding hydrogens is 382 g/mol. The quantitative estimate of drug-likeness (QED) is 0.439. The Morgan fingerprint density at radius 2 is 2.29 bits per heavy atom. The van der Waals surface area contributed by atoms with Crippen LogP contribution in [0.4, 0.5) is 0 Å². The van der Waals surface area contributed by atoms with Crippen LogP contribution in [0.5, 0.6) is 0 Å². The number of carbonyl (C=O) groups is 1. The molecule has 0 aliphatic rings. The average Bonchev–Trinajstić information content (AvgIpc) is 2.16. The molecule has 2 nitrogen and oxygen atoms in total. The normalized spacial score (nSPS) is 10.0. The van der Waals surface area contributed by atoms with Gasteiger partial charge in [-0.15, -0.1) is 0 Å². The van der Waals surface area contributed by atoms with Crippen LogP contribution in [0.15, 0.2) is 12.1 Å². The van der Waals surface area contributed by atoms with Crippen LogP contribution >= 0.6 is 50.1 Å². The lowest BCUT2D eigenvalue weighted by atomic mass is 10.1. The molecule has 0 N–H and O–H groups in total. The van der Waals surface area contributed by atoms with Crippen LogP contribution in [-0.2, 0) is 10.1 Å². The molecule has 1 aromatic rings. The average molecular weight is 389 g/mol. The van der Waals surface area contributed by atoms with Gasteiger partial charge in [-0.2, -0.15) is 0 Å². The number of halogens is 3. The molecule has 0 atom stereocenters. The number of ether oxygens (including phenoxy) is 1. The standard InChI is InChI=1S/C9H7BrClIO2/c1-14-9(13)5-2-7(11)6(4-10)8(12)3-5/h2-3H,4H2,1H3. The van der Waals surface area contributed by atoms with Crippen LogP contribution < -0.4 is 0 Å². The second-order valence-corrected chi connectivity index (χ2v) is 4.67. The smallest absolute Gasteiger partial charge is 0.337 e. The molecule has 0 radical (unpaired) electrons. The second-order valence-electron chi connectivity index (χ2n) is 2.54. The predicted molar refractivity (Wildman–Crippen MR) is 68.1 cm³/mol. The summed E-state index contributed by atoms with van der Waals surface area (Å²) in [5.41, 5.74) is 1.46. The van der Waals surface area contributed by atoms with Crippen molar-refractivity contribution in [1.29, 1.82) is 0 Å². The summed E-state index contributed by atoms with van der Waals surface area (Å²) >= 11 is 11.5. The van der Waals surface area contributed by atoms with E-state index in [9.17, 15) is 4.79 Å². The van der Waals surface area contributed by atoms with Gasteiger partial charge in [0.15, 0.2) is 0 Å². The van der Waals surface area contributed by atoms with Gasteiger partial charge in [-0.05, 0) is 40.3 Å². The highest BCUT2D eigenvalue weighted by Crippen LogP contribution is 2.26. The van der Waals surface area contributed by atoms with Gasteiger partial charge in [0, 0.05) is 13.9 Å². The van der Waals surface area contributed by atoms with Gasteiger partial charge in [0.1, 0.15) is 0 Å². The fourth-order valence-corrected chi connectivity index (χ4v) is 3.52. The molecule has 0 spiro atoms. The molecule has 76 valence electrons. The zero-order valence-electron chi connectivity index (χ0n) is 7.31. The zero-order valence-corrected chi connectivity index (χ0v) is 11.8. The minimum atomic E-state index is -0.370. The van der Waals surface area contributed by atoms with Crippen molar-refractivity contribution in [2.45, 2.75) is 5.33 Å². The molecule has 0 aromatic heterocycles. The largest absolute Gasteiger partial charge is 0.465 e. The Hall–Kier alpha value is 0.190. The van der Waals surface area contributed by atoms with Crippen molar-refractivity contribution in [1.82, 2.24) is 0 Å². The number of carbonyl (C=O) groups excluding carboxylic acids is 1. The van der Waals surface area contributed by atoms with Gasteiger partial charge in [-0.25, -0.2) is 4.79 Å². The second kappa shape index (κ2) is 5.32. The molecule has 0 amide bonds. The van der Waals surface area contributed by atoms with E-state index in [1.165, 1.54) is 7.11 Å². The minimum Gasteiger partial charge on any atom is -0.465 e. The van der Waals surface area contributed by atoms with Gasteiger partial charge in [-0.1, -0.05) is 27.5 Å². The van der Waals surface area contributed by atoms with E-state index in [4.69, 9.17) is 11.6 Å². The summed E-state index contributed by atoms with van der Waals surface area (Å²) in [5, 5.41) is 1.25. The molecule has 0 fully saturated rings. The van der Waals surface area contributed by atoms with Gasteiger partial charge < -0.3 is 4.74 Å². The van der Waals surface area contributed by atoms with E-state index in [2.05, 4.69) is 43.3 Å². The third kappa shape index (κ3) is 2.61. The fraction of sp³-hybridized carbons (Fsp3) is 0.222. The Morgan fingerprint density at radius 1 is 1.64 bits per heavy atom. The summed E-state index contributed by atoms with van der Waals surface area (Å²) < 4.78 is 5.56. The third-order valence-electron chi connectivity index (χ3n) is 1.70. The Labute approximate surface area is 109 Å². The highest BCUT2D eigenvalue weighted by atomic mass is 127. The molecule has 0 aliphatic heterocycles. The Bertz CT molecular complexity index is 345. The fourth-order valence-electron chi connectivity index (χ4n) is 0.966. The van der Waals surface area contributed by atoms with Gasteiger partial charge in [-0.3, -0.25) is 0 Å². The molecule has 1 aromatic carbocycles. The molecule has 0 heterocycles. The van der Waals surface area contributed by atoms with Gasteiger partial charge in [0.25, 0.3) is 0 Å². The van der Waals surface area contributed by atoms with Gasteiger partial charge in [0.2, 0.25) is 0 Å². The van der Waals surface area contributed by atoms with E-state index < -0.39 is 0 Å². The van der Waals surface area contributed by atoms with E-state index in [0.717, 1.165) is 9.13 Å². The molecule has 0 saturated carbocycles. The summed E-state index contributed by atoms with van der Waals surface area (Å²) in [6.45, 7) is 0. The molecule has 0 bridgehead atoms. The number of rotatable bonds is 2. The van der Waals surface area contributed by atoms with Crippen LogP contribution in [0.25, 0.3) is 0 Å². The number of hydrogen-bond donors (Lipinski definition) is 0. The third-order valence-corrected chi connectivity index (χ3v) is 3.56. The molecule has 5 heteroatoms. The van der Waals surface area contributed by atoms with Crippen LogP contribution in [0.3, 0.4) is 0 Å². The highest BCUT2D eigenvalue weighted by Gasteiger charge is 2.11. The van der Waals surface area contributed by atoms with Crippen molar-refractivity contribution >= 4 is 56.1 Å². The molecule has 1 rings (SSSR count). The van der Waals surface area contributed by atoms with E-state index in [0.29, 0.717) is 15.9 Å². The summed E-state index contributed by atoms with van der Waals surface area (Å²) in [7, 11) is 1.35. The van der Waals surface area contributed by atoms with E-state index in [-0.39, 0.29) is 5.97 Å². The van der Waals surface area contributed by atoms with Crippen LogP contribution in [0.2, 0.25) is 5.02 Å². The maximum Gasteiger partial charge on any atom is 0.337 e. The number of methoxy groups -OCH3 is 1. The molecular formula is C9H7BrClIO2. The van der Waals surface area contributed by atoms with Gasteiger partial charge >= 0.3 is 5.97 Å². The van der Waals surface area contributed by atoms with Crippen LogP contribution in [0, 0.1) is 3.57 Å². The number of benzene rings is 1. The monoisotopic (exact) mass is 388 g/mol. The van der Waals surface area contributed by atoms with E-state index in [1.807, 2.05) is 0 Å². The molecule has 0 saturated heterocycles. The van der Waals surface area contributed by atoms with Crippen molar-refractivity contribution in [2.24, 2.45) is 0 Å². The molecule has 0 aliphatic carbocycles. The van der Waals surface area contributed by atoms with Crippen molar-refractivity contribution in [2.75, 3.05) is 7.11 Å². The van der Waals surface area contributed by atoms with E-state index >= 15 is 0 Å². The summed E-state index contributed by atoms with van der Waals surface area (Å²) in [5.74, 6) is -0.370. The summed E-state index contributed by atoms with van der Waals surface area (Å²) in [6, 6.07) is 3.38. The SMILES string of the molecule is COC(=O)c1cc(Cl)c(CBr)c(I)c1. The Balaban J connectivity index is 3.20. The minimum absolute atomic E-state index is 0.370.